The number of aromatic nitrogens is 2. The summed E-state index contributed by atoms with van der Waals surface area (Å²) < 4.78 is 1.61. The van der Waals surface area contributed by atoms with Gasteiger partial charge in [-0.2, -0.15) is 0 Å². The van der Waals surface area contributed by atoms with E-state index in [-0.39, 0.29) is 28.4 Å². The fraction of sp³-hybridized carbons (Fsp3) is 0.714. The number of H-pyrrole nitrogens is 1. The van der Waals surface area contributed by atoms with Crippen LogP contribution in [-0.4, -0.2) is 9.55 Å². The summed E-state index contributed by atoms with van der Waals surface area (Å²) in [7, 11) is 0. The summed E-state index contributed by atoms with van der Waals surface area (Å²) in [5.41, 5.74) is 5.29. The molecule has 0 amide bonds. The van der Waals surface area contributed by atoms with Crippen LogP contribution in [0.4, 0.5) is 5.82 Å². The van der Waals surface area contributed by atoms with E-state index < -0.39 is 5.56 Å². The van der Waals surface area contributed by atoms with Gasteiger partial charge in [0.1, 0.15) is 5.82 Å². The number of aromatic amines is 1. The number of hydrogen-bond donors (Lipinski definition) is 2. The third-order valence-corrected chi connectivity index (χ3v) is 5.46. The predicted molar refractivity (Wildman–Crippen MR) is 74.0 cm³/mol. The molecular weight excluding hydrogens is 242 g/mol. The van der Waals surface area contributed by atoms with Gasteiger partial charge in [0.2, 0.25) is 0 Å². The van der Waals surface area contributed by atoms with E-state index in [9.17, 15) is 9.59 Å². The molecule has 2 fully saturated rings. The van der Waals surface area contributed by atoms with Crippen LogP contribution < -0.4 is 17.0 Å². The van der Waals surface area contributed by atoms with Gasteiger partial charge in [-0.05, 0) is 36.0 Å². The van der Waals surface area contributed by atoms with E-state index in [0.717, 1.165) is 12.8 Å². The molecule has 3 unspecified atom stereocenters. The zero-order valence-electron chi connectivity index (χ0n) is 11.7. The Balaban J connectivity index is 2.23. The molecule has 0 saturated heterocycles. The number of rotatable bonds is 1. The van der Waals surface area contributed by atoms with Gasteiger partial charge >= 0.3 is 5.69 Å². The lowest BCUT2D eigenvalue weighted by Crippen LogP contribution is -2.45. The van der Waals surface area contributed by atoms with Crippen molar-refractivity contribution >= 4 is 5.82 Å². The van der Waals surface area contributed by atoms with Crippen LogP contribution in [0.25, 0.3) is 0 Å². The van der Waals surface area contributed by atoms with E-state index in [1.54, 1.807) is 4.57 Å². The molecule has 3 atom stereocenters. The van der Waals surface area contributed by atoms with Crippen LogP contribution in [0, 0.1) is 16.7 Å². The molecule has 1 heterocycles. The Kier molecular flexibility index (Phi) is 2.32. The molecule has 5 heteroatoms. The van der Waals surface area contributed by atoms with Gasteiger partial charge in [0.15, 0.2) is 0 Å². The van der Waals surface area contributed by atoms with E-state index in [4.69, 9.17) is 5.73 Å². The fourth-order valence-electron chi connectivity index (χ4n) is 4.71. The van der Waals surface area contributed by atoms with E-state index in [1.807, 2.05) is 0 Å². The minimum atomic E-state index is -0.426. The first kappa shape index (κ1) is 12.5. The standard InChI is InChI=1S/C14H21N3O2/c1-13(2)8-4-5-14(3,7-8)11(13)17-9(15)6-10(18)16-12(17)19/h6,8,11H,4-5,7,15H2,1-3H3,(H,16,18,19). The topological polar surface area (TPSA) is 80.9 Å². The lowest BCUT2D eigenvalue weighted by Gasteiger charge is -2.43. The Morgan fingerprint density at radius 3 is 2.58 bits per heavy atom. The average Bonchev–Trinajstić information content (AvgIpc) is 2.73. The van der Waals surface area contributed by atoms with E-state index in [0.29, 0.717) is 5.92 Å². The summed E-state index contributed by atoms with van der Waals surface area (Å²) in [6.07, 6.45) is 3.48. The summed E-state index contributed by atoms with van der Waals surface area (Å²) in [6.45, 7) is 6.66. The maximum absolute atomic E-state index is 12.2. The van der Waals surface area contributed by atoms with Gasteiger partial charge in [-0.3, -0.25) is 14.3 Å². The van der Waals surface area contributed by atoms with Gasteiger partial charge in [0, 0.05) is 6.07 Å². The lowest BCUT2D eigenvalue weighted by molar-refractivity contribution is 0.0812. The van der Waals surface area contributed by atoms with Gasteiger partial charge in [-0.1, -0.05) is 20.8 Å². The molecule has 0 spiro atoms. The molecule has 2 aliphatic rings. The maximum Gasteiger partial charge on any atom is 0.330 e. The molecule has 3 N–H and O–H groups in total. The smallest absolute Gasteiger partial charge is 0.330 e. The highest BCUT2D eigenvalue weighted by Gasteiger charge is 2.60. The fourth-order valence-corrected chi connectivity index (χ4v) is 4.71. The first-order valence-electron chi connectivity index (χ1n) is 6.87. The molecule has 3 rings (SSSR count). The minimum absolute atomic E-state index is 0.0309. The summed E-state index contributed by atoms with van der Waals surface area (Å²) in [5, 5.41) is 0. The first-order valence-corrected chi connectivity index (χ1v) is 6.87. The van der Waals surface area contributed by atoms with Gasteiger partial charge in [-0.25, -0.2) is 4.79 Å². The van der Waals surface area contributed by atoms with Crippen LogP contribution in [0.1, 0.15) is 46.1 Å². The third-order valence-electron chi connectivity index (χ3n) is 5.46. The summed E-state index contributed by atoms with van der Waals surface area (Å²) in [6, 6.07) is 1.37. The number of nitrogens with zero attached hydrogens (tertiary/aromatic N) is 1. The Bertz CT molecular complexity index is 638. The van der Waals surface area contributed by atoms with Gasteiger partial charge in [0.25, 0.3) is 5.56 Å². The van der Waals surface area contributed by atoms with Crippen LogP contribution in [0.5, 0.6) is 0 Å². The number of nitrogens with one attached hydrogen (secondary N) is 1. The van der Waals surface area contributed by atoms with E-state index in [2.05, 4.69) is 25.8 Å². The zero-order valence-corrected chi connectivity index (χ0v) is 11.7. The molecule has 2 aliphatic carbocycles. The van der Waals surface area contributed by atoms with Crippen LogP contribution in [-0.2, 0) is 0 Å². The second-order valence-electron chi connectivity index (χ2n) is 7.05. The van der Waals surface area contributed by atoms with Crippen molar-refractivity contribution in [1.82, 2.24) is 9.55 Å². The summed E-state index contributed by atoms with van der Waals surface area (Å²) in [5.74, 6) is 0.904. The third kappa shape index (κ3) is 1.53. The van der Waals surface area contributed by atoms with Crippen molar-refractivity contribution in [2.45, 2.75) is 46.1 Å². The van der Waals surface area contributed by atoms with Crippen molar-refractivity contribution in [2.24, 2.45) is 16.7 Å². The number of anilines is 1. The molecule has 0 aliphatic heterocycles. The quantitative estimate of drug-likeness (QED) is 0.805. The molecular formula is C14H21N3O2. The minimum Gasteiger partial charge on any atom is -0.385 e. The van der Waals surface area contributed by atoms with Crippen molar-refractivity contribution in [1.29, 1.82) is 0 Å². The van der Waals surface area contributed by atoms with E-state index in [1.165, 1.54) is 12.5 Å². The second-order valence-corrected chi connectivity index (χ2v) is 7.05. The van der Waals surface area contributed by atoms with Crippen LogP contribution in [0.2, 0.25) is 0 Å². The van der Waals surface area contributed by atoms with E-state index >= 15 is 0 Å². The Labute approximate surface area is 111 Å². The van der Waals surface area contributed by atoms with Gasteiger partial charge in [0.05, 0.1) is 6.04 Å². The second kappa shape index (κ2) is 3.52. The SMILES string of the molecule is CC12CCC(C1)C(C)(C)C2n1c(N)cc(=O)[nH]c1=O. The van der Waals surface area contributed by atoms with Crippen molar-refractivity contribution in [2.75, 3.05) is 5.73 Å². The molecule has 0 radical (unpaired) electrons. The molecule has 0 aromatic carbocycles. The number of fused-ring (bicyclic) bond motifs is 2. The number of nitrogens with two attached hydrogens (primary N) is 1. The molecule has 1 aromatic rings. The highest BCUT2D eigenvalue weighted by atomic mass is 16.2. The average molecular weight is 263 g/mol. The van der Waals surface area contributed by atoms with Gasteiger partial charge < -0.3 is 5.73 Å². The first-order chi connectivity index (χ1) is 8.75. The Morgan fingerprint density at radius 2 is 2.05 bits per heavy atom. The number of hydrogen-bond acceptors (Lipinski definition) is 3. The zero-order chi connectivity index (χ0) is 14.0. The monoisotopic (exact) mass is 263 g/mol. The normalized spacial score (nSPS) is 35.7. The maximum atomic E-state index is 12.2. The molecule has 19 heavy (non-hydrogen) atoms. The summed E-state index contributed by atoms with van der Waals surface area (Å²) in [4.78, 5) is 25.9. The largest absolute Gasteiger partial charge is 0.385 e. The molecule has 5 nitrogen and oxygen atoms in total. The Hall–Kier alpha value is -1.52. The lowest BCUT2D eigenvalue weighted by atomic mass is 9.68. The highest BCUT2D eigenvalue weighted by molar-refractivity contribution is 5.29. The van der Waals surface area contributed by atoms with Crippen LogP contribution in [0.15, 0.2) is 15.7 Å². The van der Waals surface area contributed by atoms with Crippen LogP contribution in [0.3, 0.4) is 0 Å². The van der Waals surface area contributed by atoms with Gasteiger partial charge in [-0.15, -0.1) is 0 Å². The molecule has 104 valence electrons. The summed E-state index contributed by atoms with van der Waals surface area (Å²) >= 11 is 0. The van der Waals surface area contributed by atoms with Crippen molar-refractivity contribution in [3.8, 4) is 0 Å². The predicted octanol–water partition coefficient (Wildman–Crippen LogP) is 1.51. The van der Waals surface area contributed by atoms with Crippen molar-refractivity contribution < 1.29 is 0 Å². The molecule has 2 bridgehead atoms. The Morgan fingerprint density at radius 1 is 1.37 bits per heavy atom. The molecule has 1 aromatic heterocycles. The van der Waals surface area contributed by atoms with Crippen molar-refractivity contribution in [3.05, 3.63) is 26.9 Å². The van der Waals surface area contributed by atoms with Crippen molar-refractivity contribution in [3.63, 3.8) is 0 Å². The van der Waals surface area contributed by atoms with Crippen LogP contribution >= 0.6 is 0 Å². The molecule has 2 saturated carbocycles. The number of nitrogen functional groups attached to an aromatic ring is 1. The highest BCUT2D eigenvalue weighted by Crippen LogP contribution is 2.67.